The first-order valence-corrected chi connectivity index (χ1v) is 7.36. The molecule has 0 aromatic heterocycles. The zero-order chi connectivity index (χ0) is 14.8. The largest absolute Gasteiger partial charge is 0.497 e. The first-order chi connectivity index (χ1) is 10.2. The Hall–Kier alpha value is -1.77. The molecule has 0 amide bonds. The number of hydrogen-bond donors (Lipinski definition) is 1. The summed E-state index contributed by atoms with van der Waals surface area (Å²) in [4.78, 5) is 0. The van der Waals surface area contributed by atoms with Crippen LogP contribution in [0.1, 0.15) is 29.2 Å². The SMILES string of the molecule is COc1ccc2c(c1)CC/C(=C\c1ccc(Cl)cc1)C2O. The normalized spacial score (nSPS) is 19.4. The molecule has 1 unspecified atom stereocenters. The van der Waals surface area contributed by atoms with Crippen molar-refractivity contribution in [3.05, 3.63) is 69.8 Å². The van der Waals surface area contributed by atoms with Gasteiger partial charge in [-0.05, 0) is 59.4 Å². The van der Waals surface area contributed by atoms with Gasteiger partial charge in [0.15, 0.2) is 0 Å². The van der Waals surface area contributed by atoms with Crippen LogP contribution in [-0.4, -0.2) is 12.2 Å². The van der Waals surface area contributed by atoms with Crippen molar-refractivity contribution < 1.29 is 9.84 Å². The molecule has 108 valence electrons. The number of fused-ring (bicyclic) bond motifs is 1. The molecule has 3 rings (SSSR count). The molecule has 0 spiro atoms. The zero-order valence-electron chi connectivity index (χ0n) is 11.8. The lowest BCUT2D eigenvalue weighted by molar-refractivity contribution is 0.206. The van der Waals surface area contributed by atoms with E-state index in [4.69, 9.17) is 16.3 Å². The van der Waals surface area contributed by atoms with Gasteiger partial charge in [-0.1, -0.05) is 35.9 Å². The third-order valence-electron chi connectivity index (χ3n) is 3.90. The fraction of sp³-hybridized carbons (Fsp3) is 0.222. The Morgan fingerprint density at radius 3 is 2.62 bits per heavy atom. The van der Waals surface area contributed by atoms with Crippen LogP contribution in [-0.2, 0) is 6.42 Å². The highest BCUT2D eigenvalue weighted by molar-refractivity contribution is 6.30. The first-order valence-electron chi connectivity index (χ1n) is 6.98. The molecule has 2 aromatic rings. The van der Waals surface area contributed by atoms with Crippen LogP contribution in [0.3, 0.4) is 0 Å². The van der Waals surface area contributed by atoms with Gasteiger partial charge in [0.05, 0.1) is 7.11 Å². The maximum absolute atomic E-state index is 10.6. The molecule has 1 aliphatic rings. The second-order valence-electron chi connectivity index (χ2n) is 5.24. The molecule has 1 atom stereocenters. The van der Waals surface area contributed by atoms with Crippen LogP contribution in [0.4, 0.5) is 0 Å². The van der Waals surface area contributed by atoms with Crippen molar-refractivity contribution in [2.45, 2.75) is 18.9 Å². The van der Waals surface area contributed by atoms with Crippen LogP contribution in [0.25, 0.3) is 6.08 Å². The maximum Gasteiger partial charge on any atom is 0.119 e. The van der Waals surface area contributed by atoms with Crippen molar-refractivity contribution in [1.29, 1.82) is 0 Å². The number of ether oxygens (including phenoxy) is 1. The Balaban J connectivity index is 1.91. The molecule has 1 N–H and O–H groups in total. The van der Waals surface area contributed by atoms with Crippen LogP contribution in [0.2, 0.25) is 5.02 Å². The molecule has 2 nitrogen and oxygen atoms in total. The number of aliphatic hydroxyl groups is 1. The van der Waals surface area contributed by atoms with Gasteiger partial charge in [0.1, 0.15) is 11.9 Å². The molecule has 21 heavy (non-hydrogen) atoms. The molecule has 0 saturated heterocycles. The molecule has 0 aliphatic heterocycles. The first kappa shape index (κ1) is 14.2. The average molecular weight is 301 g/mol. The molecule has 0 fully saturated rings. The van der Waals surface area contributed by atoms with E-state index in [2.05, 4.69) is 0 Å². The van der Waals surface area contributed by atoms with Gasteiger partial charge in [-0.2, -0.15) is 0 Å². The van der Waals surface area contributed by atoms with Crippen molar-refractivity contribution in [1.82, 2.24) is 0 Å². The number of hydrogen-bond acceptors (Lipinski definition) is 2. The number of halogens is 1. The number of methoxy groups -OCH3 is 1. The summed E-state index contributed by atoms with van der Waals surface area (Å²) < 4.78 is 5.24. The van der Waals surface area contributed by atoms with Gasteiger partial charge in [0.25, 0.3) is 0 Å². The number of rotatable bonds is 2. The van der Waals surface area contributed by atoms with Crippen LogP contribution >= 0.6 is 11.6 Å². The van der Waals surface area contributed by atoms with Crippen LogP contribution in [0.15, 0.2) is 48.0 Å². The summed E-state index contributed by atoms with van der Waals surface area (Å²) in [6, 6.07) is 13.5. The van der Waals surface area contributed by atoms with Gasteiger partial charge < -0.3 is 9.84 Å². The Labute approximate surface area is 129 Å². The van der Waals surface area contributed by atoms with Gasteiger partial charge in [0, 0.05) is 5.02 Å². The van der Waals surface area contributed by atoms with Crippen LogP contribution in [0.5, 0.6) is 5.75 Å². The van der Waals surface area contributed by atoms with Gasteiger partial charge in [0.2, 0.25) is 0 Å². The quantitative estimate of drug-likeness (QED) is 0.890. The summed E-state index contributed by atoms with van der Waals surface area (Å²) in [5, 5.41) is 11.3. The lowest BCUT2D eigenvalue weighted by atomic mass is 9.84. The summed E-state index contributed by atoms with van der Waals surface area (Å²) in [7, 11) is 1.66. The number of aryl methyl sites for hydroxylation is 1. The Morgan fingerprint density at radius 2 is 1.90 bits per heavy atom. The van der Waals surface area contributed by atoms with Crippen molar-refractivity contribution in [2.24, 2.45) is 0 Å². The second-order valence-corrected chi connectivity index (χ2v) is 5.67. The smallest absolute Gasteiger partial charge is 0.119 e. The molecule has 2 aromatic carbocycles. The lowest BCUT2D eigenvalue weighted by Gasteiger charge is -2.25. The predicted octanol–water partition coefficient (Wildman–Crippen LogP) is 4.41. The fourth-order valence-corrected chi connectivity index (χ4v) is 2.86. The zero-order valence-corrected chi connectivity index (χ0v) is 12.6. The highest BCUT2D eigenvalue weighted by Crippen LogP contribution is 2.36. The van der Waals surface area contributed by atoms with E-state index in [0.717, 1.165) is 45.9 Å². The minimum Gasteiger partial charge on any atom is -0.497 e. The molecule has 1 aliphatic carbocycles. The number of aliphatic hydroxyl groups excluding tert-OH is 1. The summed E-state index contributed by atoms with van der Waals surface area (Å²) in [5.41, 5.74) is 4.23. The van der Waals surface area contributed by atoms with Gasteiger partial charge in [-0.15, -0.1) is 0 Å². The van der Waals surface area contributed by atoms with E-state index < -0.39 is 6.10 Å². The maximum atomic E-state index is 10.6. The van der Waals surface area contributed by atoms with E-state index in [1.54, 1.807) is 7.11 Å². The van der Waals surface area contributed by atoms with Gasteiger partial charge >= 0.3 is 0 Å². The topological polar surface area (TPSA) is 29.5 Å². The van der Waals surface area contributed by atoms with E-state index >= 15 is 0 Å². The monoisotopic (exact) mass is 300 g/mol. The molecule has 0 radical (unpaired) electrons. The lowest BCUT2D eigenvalue weighted by Crippen LogP contribution is -2.12. The Kier molecular flexibility index (Phi) is 4.00. The van der Waals surface area contributed by atoms with Crippen molar-refractivity contribution >= 4 is 17.7 Å². The van der Waals surface area contributed by atoms with E-state index in [0.29, 0.717) is 0 Å². The summed E-state index contributed by atoms with van der Waals surface area (Å²) >= 11 is 5.90. The summed E-state index contributed by atoms with van der Waals surface area (Å²) in [5.74, 6) is 0.839. The Morgan fingerprint density at radius 1 is 1.14 bits per heavy atom. The minimum atomic E-state index is -0.546. The summed E-state index contributed by atoms with van der Waals surface area (Å²) in [6.45, 7) is 0. The van der Waals surface area contributed by atoms with Crippen molar-refractivity contribution in [3.63, 3.8) is 0 Å². The van der Waals surface area contributed by atoms with E-state index in [1.807, 2.05) is 48.5 Å². The van der Waals surface area contributed by atoms with Crippen molar-refractivity contribution in [2.75, 3.05) is 7.11 Å². The molecule has 3 heteroatoms. The third kappa shape index (κ3) is 2.97. The van der Waals surface area contributed by atoms with E-state index in [-0.39, 0.29) is 0 Å². The molecule has 0 saturated carbocycles. The highest BCUT2D eigenvalue weighted by Gasteiger charge is 2.22. The summed E-state index contributed by atoms with van der Waals surface area (Å²) in [6.07, 6.45) is 3.27. The molecule has 0 bridgehead atoms. The van der Waals surface area contributed by atoms with E-state index in [1.165, 1.54) is 0 Å². The Bertz CT molecular complexity index is 674. The predicted molar refractivity (Wildman–Crippen MR) is 85.7 cm³/mol. The molecular formula is C18H17ClO2. The van der Waals surface area contributed by atoms with Crippen molar-refractivity contribution in [3.8, 4) is 5.75 Å². The van der Waals surface area contributed by atoms with Gasteiger partial charge in [-0.3, -0.25) is 0 Å². The molecular weight excluding hydrogens is 284 g/mol. The van der Waals surface area contributed by atoms with E-state index in [9.17, 15) is 5.11 Å². The highest BCUT2D eigenvalue weighted by atomic mass is 35.5. The van der Waals surface area contributed by atoms with Crippen LogP contribution in [0, 0.1) is 0 Å². The molecule has 0 heterocycles. The second kappa shape index (κ2) is 5.92. The number of benzene rings is 2. The minimum absolute atomic E-state index is 0.546. The third-order valence-corrected chi connectivity index (χ3v) is 4.15. The average Bonchev–Trinajstić information content (AvgIpc) is 2.52. The van der Waals surface area contributed by atoms with Gasteiger partial charge in [-0.25, -0.2) is 0 Å². The fourth-order valence-electron chi connectivity index (χ4n) is 2.73. The standard InChI is InChI=1S/C18H17ClO2/c1-21-16-8-9-17-13(11-16)4-5-14(18(17)20)10-12-2-6-15(19)7-3-12/h2-3,6-11,18,20H,4-5H2,1H3/b14-10+. The van der Waals surface area contributed by atoms with Crippen LogP contribution < -0.4 is 4.74 Å².